The van der Waals surface area contributed by atoms with Crippen molar-refractivity contribution in [1.82, 2.24) is 0 Å². The van der Waals surface area contributed by atoms with Crippen LogP contribution >= 0.6 is 0 Å². The van der Waals surface area contributed by atoms with Gasteiger partial charge in [0.1, 0.15) is 18.2 Å². The molecule has 0 amide bonds. The summed E-state index contributed by atoms with van der Waals surface area (Å²) in [6.45, 7) is 5.81. The molecule has 4 nitrogen and oxygen atoms in total. The molecule has 0 saturated carbocycles. The number of hydrogen-bond acceptors (Lipinski definition) is 4. The number of carbonyl (C=O) groups excluding carboxylic acids is 1. The fourth-order valence-corrected chi connectivity index (χ4v) is 2.33. The summed E-state index contributed by atoms with van der Waals surface area (Å²) in [5.41, 5.74) is 2.10. The molecule has 0 spiro atoms. The summed E-state index contributed by atoms with van der Waals surface area (Å²) in [6, 6.07) is 14.4. The maximum atomic E-state index is 12.6. The van der Waals surface area contributed by atoms with Crippen molar-refractivity contribution in [3.8, 4) is 17.6 Å². The van der Waals surface area contributed by atoms with Gasteiger partial charge < -0.3 is 9.47 Å². The normalized spacial score (nSPS) is 10.7. The summed E-state index contributed by atoms with van der Waals surface area (Å²) in [5, 5.41) is 9.40. The first kappa shape index (κ1) is 18.0. The zero-order valence-electron chi connectivity index (χ0n) is 14.3. The van der Waals surface area contributed by atoms with Crippen LogP contribution in [0.25, 0.3) is 6.08 Å². The van der Waals surface area contributed by atoms with Crippen LogP contribution in [0.3, 0.4) is 0 Å². The lowest BCUT2D eigenvalue weighted by Crippen LogP contribution is -2.04. The van der Waals surface area contributed by atoms with Gasteiger partial charge in [0.15, 0.2) is 11.5 Å². The number of benzene rings is 2. The Morgan fingerprint density at radius 3 is 2.64 bits per heavy atom. The largest absolute Gasteiger partial charge is 0.493 e. The second kappa shape index (κ2) is 8.51. The van der Waals surface area contributed by atoms with Gasteiger partial charge in [-0.05, 0) is 36.3 Å². The summed E-state index contributed by atoms with van der Waals surface area (Å²) in [6.07, 6.45) is 3.19. The van der Waals surface area contributed by atoms with E-state index in [4.69, 9.17) is 9.47 Å². The average Bonchev–Trinajstić information content (AvgIpc) is 2.64. The molecule has 0 fully saturated rings. The summed E-state index contributed by atoms with van der Waals surface area (Å²) in [4.78, 5) is 12.6. The second-order valence-corrected chi connectivity index (χ2v) is 5.32. The third kappa shape index (κ3) is 4.36. The number of hydrogen-bond donors (Lipinski definition) is 0. The van der Waals surface area contributed by atoms with E-state index >= 15 is 0 Å². The monoisotopic (exact) mass is 333 g/mol. The van der Waals surface area contributed by atoms with Crippen LogP contribution in [0.5, 0.6) is 11.5 Å². The molecular weight excluding hydrogens is 314 g/mol. The van der Waals surface area contributed by atoms with Crippen molar-refractivity contribution in [2.45, 2.75) is 6.92 Å². The number of methoxy groups -OCH3 is 1. The van der Waals surface area contributed by atoms with Gasteiger partial charge in [0.2, 0.25) is 5.78 Å². The highest BCUT2D eigenvalue weighted by Gasteiger charge is 2.14. The predicted molar refractivity (Wildman–Crippen MR) is 97.8 cm³/mol. The molecule has 0 aliphatic heterocycles. The molecule has 0 bridgehead atoms. The van der Waals surface area contributed by atoms with Crippen molar-refractivity contribution < 1.29 is 14.3 Å². The molecule has 0 atom stereocenters. The Labute approximate surface area is 147 Å². The number of nitriles is 1. The van der Waals surface area contributed by atoms with Gasteiger partial charge in [0.05, 0.1) is 7.11 Å². The van der Waals surface area contributed by atoms with Gasteiger partial charge in [-0.25, -0.2) is 0 Å². The van der Waals surface area contributed by atoms with Crippen molar-refractivity contribution in [2.75, 3.05) is 13.7 Å². The van der Waals surface area contributed by atoms with Gasteiger partial charge >= 0.3 is 0 Å². The lowest BCUT2D eigenvalue weighted by molar-refractivity contribution is 0.103. The van der Waals surface area contributed by atoms with E-state index in [1.165, 1.54) is 7.11 Å². The van der Waals surface area contributed by atoms with Crippen molar-refractivity contribution >= 4 is 11.9 Å². The predicted octanol–water partition coefficient (Wildman–Crippen LogP) is 4.36. The maximum absolute atomic E-state index is 12.6. The third-order valence-corrected chi connectivity index (χ3v) is 3.61. The Hall–Kier alpha value is -3.32. The minimum Gasteiger partial charge on any atom is -0.493 e. The maximum Gasteiger partial charge on any atom is 0.203 e. The smallest absolute Gasteiger partial charge is 0.203 e. The Kier molecular flexibility index (Phi) is 6.14. The molecule has 0 radical (unpaired) electrons. The first-order valence-electron chi connectivity index (χ1n) is 7.74. The summed E-state index contributed by atoms with van der Waals surface area (Å²) >= 11 is 0. The van der Waals surface area contributed by atoms with Crippen LogP contribution < -0.4 is 9.47 Å². The quantitative estimate of drug-likeness (QED) is 0.327. The number of rotatable bonds is 7. The van der Waals surface area contributed by atoms with Crippen LogP contribution in [0.1, 0.15) is 21.5 Å². The van der Waals surface area contributed by atoms with Crippen LogP contribution in [-0.2, 0) is 0 Å². The van der Waals surface area contributed by atoms with E-state index in [0.29, 0.717) is 29.2 Å². The first-order chi connectivity index (χ1) is 12.1. The highest BCUT2D eigenvalue weighted by Crippen LogP contribution is 2.29. The topological polar surface area (TPSA) is 59.3 Å². The van der Waals surface area contributed by atoms with E-state index in [1.54, 1.807) is 42.5 Å². The molecule has 2 rings (SSSR count). The fraction of sp³-hybridized carbons (Fsp3) is 0.143. The zero-order valence-corrected chi connectivity index (χ0v) is 14.3. The Morgan fingerprint density at radius 2 is 2.00 bits per heavy atom. The van der Waals surface area contributed by atoms with Crippen LogP contribution in [0.15, 0.2) is 60.7 Å². The number of ketones is 1. The highest BCUT2D eigenvalue weighted by molar-refractivity contribution is 6.14. The number of carbonyl (C=O) groups is 1. The average molecular weight is 333 g/mol. The molecule has 0 heterocycles. The van der Waals surface area contributed by atoms with Crippen molar-refractivity contribution in [2.24, 2.45) is 0 Å². The van der Waals surface area contributed by atoms with E-state index in [2.05, 4.69) is 6.58 Å². The van der Waals surface area contributed by atoms with Crippen LogP contribution in [0.2, 0.25) is 0 Å². The minimum absolute atomic E-state index is 0.0658. The molecule has 2 aromatic rings. The van der Waals surface area contributed by atoms with Gasteiger partial charge in [-0.3, -0.25) is 4.79 Å². The number of nitrogens with zero attached hydrogens (tertiary/aromatic N) is 1. The van der Waals surface area contributed by atoms with E-state index in [0.717, 1.165) is 5.56 Å². The molecule has 25 heavy (non-hydrogen) atoms. The van der Waals surface area contributed by atoms with Crippen molar-refractivity contribution in [3.05, 3.63) is 77.4 Å². The molecular formula is C21H19NO3. The molecule has 0 N–H and O–H groups in total. The number of ether oxygens (including phenoxy) is 2. The number of aryl methyl sites for hydroxylation is 1. The van der Waals surface area contributed by atoms with Crippen molar-refractivity contribution in [1.29, 1.82) is 5.26 Å². The van der Waals surface area contributed by atoms with E-state index in [-0.39, 0.29) is 11.4 Å². The summed E-state index contributed by atoms with van der Waals surface area (Å²) < 4.78 is 10.8. The highest BCUT2D eigenvalue weighted by atomic mass is 16.5. The Bertz CT molecular complexity index is 860. The lowest BCUT2D eigenvalue weighted by Gasteiger charge is -2.10. The second-order valence-electron chi connectivity index (χ2n) is 5.32. The van der Waals surface area contributed by atoms with Gasteiger partial charge in [0, 0.05) is 5.56 Å². The number of Topliss-reactive ketones (excluding diaryl/α,β-unsaturated/α-hetero) is 1. The zero-order chi connectivity index (χ0) is 18.2. The van der Waals surface area contributed by atoms with Gasteiger partial charge in [-0.15, -0.1) is 0 Å². The van der Waals surface area contributed by atoms with E-state index in [1.807, 2.05) is 25.1 Å². The third-order valence-electron chi connectivity index (χ3n) is 3.61. The molecule has 4 heteroatoms. The summed E-state index contributed by atoms with van der Waals surface area (Å²) in [5.74, 6) is 0.797. The molecule has 0 unspecified atom stereocenters. The molecule has 0 aromatic heterocycles. The standard InChI is InChI=1S/C21H19NO3/c1-4-11-25-19-10-9-16(13-20(19)24-3)12-17(14-22)21(23)18-8-6-5-7-15(18)2/h4-10,12-13H,1,11H2,2-3H3/b17-12+. The van der Waals surface area contributed by atoms with E-state index in [9.17, 15) is 10.1 Å². The van der Waals surface area contributed by atoms with Gasteiger partial charge in [-0.1, -0.05) is 43.0 Å². The van der Waals surface area contributed by atoms with Crippen molar-refractivity contribution in [3.63, 3.8) is 0 Å². The first-order valence-corrected chi connectivity index (χ1v) is 7.74. The molecule has 2 aromatic carbocycles. The number of allylic oxidation sites excluding steroid dienone is 1. The fourth-order valence-electron chi connectivity index (χ4n) is 2.33. The Morgan fingerprint density at radius 1 is 1.24 bits per heavy atom. The molecule has 0 aliphatic carbocycles. The molecule has 0 saturated heterocycles. The van der Waals surface area contributed by atoms with Crippen LogP contribution in [-0.4, -0.2) is 19.5 Å². The molecule has 126 valence electrons. The van der Waals surface area contributed by atoms with Gasteiger partial charge in [-0.2, -0.15) is 5.26 Å². The lowest BCUT2D eigenvalue weighted by atomic mass is 9.98. The summed E-state index contributed by atoms with van der Waals surface area (Å²) in [7, 11) is 1.54. The van der Waals surface area contributed by atoms with E-state index < -0.39 is 0 Å². The SMILES string of the molecule is C=CCOc1ccc(/C=C(\C#N)C(=O)c2ccccc2C)cc1OC. The van der Waals surface area contributed by atoms with Gasteiger partial charge in [0.25, 0.3) is 0 Å². The molecule has 0 aliphatic rings. The van der Waals surface area contributed by atoms with Crippen LogP contribution in [0, 0.1) is 18.3 Å². The minimum atomic E-state index is -0.299. The Balaban J connectivity index is 2.36. The van der Waals surface area contributed by atoms with Crippen LogP contribution in [0.4, 0.5) is 0 Å².